The van der Waals surface area contributed by atoms with Gasteiger partial charge < -0.3 is 5.11 Å². The number of sulfonamides is 1. The Balaban J connectivity index is 1.77. The van der Waals surface area contributed by atoms with E-state index in [4.69, 9.17) is 5.11 Å². The van der Waals surface area contributed by atoms with Crippen LogP contribution < -0.4 is 4.72 Å². The molecule has 0 aromatic carbocycles. The van der Waals surface area contributed by atoms with Crippen molar-refractivity contribution < 1.29 is 13.5 Å². The first kappa shape index (κ1) is 13.3. The zero-order chi connectivity index (χ0) is 12.3. The third-order valence-corrected chi connectivity index (χ3v) is 6.22. The molecular weight excluding hydrogens is 238 g/mol. The summed E-state index contributed by atoms with van der Waals surface area (Å²) < 4.78 is 26.7. The Bertz CT molecular complexity index is 330. The second-order valence-corrected chi connectivity index (χ2v) is 7.44. The lowest BCUT2D eigenvalue weighted by Crippen LogP contribution is -2.44. The summed E-state index contributed by atoms with van der Waals surface area (Å²) in [5, 5.41) is 8.74. The van der Waals surface area contributed by atoms with Gasteiger partial charge in [0.05, 0.1) is 5.25 Å². The Kier molecular flexibility index (Phi) is 4.44. The van der Waals surface area contributed by atoms with Crippen LogP contribution in [0.3, 0.4) is 0 Å². The van der Waals surface area contributed by atoms with Gasteiger partial charge in [-0.2, -0.15) is 0 Å². The Labute approximate surface area is 104 Å². The predicted octanol–water partition coefficient (Wildman–Crippen LogP) is 1.40. The maximum absolute atomic E-state index is 11.9. The van der Waals surface area contributed by atoms with E-state index in [9.17, 15) is 8.42 Å². The highest BCUT2D eigenvalue weighted by Gasteiger charge is 2.33. The van der Waals surface area contributed by atoms with Crippen LogP contribution in [0.1, 0.15) is 51.4 Å². The maximum Gasteiger partial charge on any atom is 0.214 e. The molecule has 0 bridgehead atoms. The topological polar surface area (TPSA) is 66.4 Å². The van der Waals surface area contributed by atoms with Crippen LogP contribution in [0, 0.1) is 5.92 Å². The van der Waals surface area contributed by atoms with Crippen LogP contribution in [0.15, 0.2) is 0 Å². The summed E-state index contributed by atoms with van der Waals surface area (Å²) in [6, 6.07) is 0.135. The van der Waals surface area contributed by atoms with Crippen molar-refractivity contribution in [2.24, 2.45) is 5.92 Å². The average molecular weight is 261 g/mol. The van der Waals surface area contributed by atoms with Crippen molar-refractivity contribution in [1.29, 1.82) is 0 Å². The minimum atomic E-state index is -3.05. The van der Waals surface area contributed by atoms with Gasteiger partial charge in [-0.15, -0.1) is 0 Å². The summed E-state index contributed by atoms with van der Waals surface area (Å²) in [6.07, 6.45) is 7.51. The van der Waals surface area contributed by atoms with E-state index in [1.165, 1.54) is 0 Å². The van der Waals surface area contributed by atoms with E-state index in [1.54, 1.807) is 0 Å². The van der Waals surface area contributed by atoms with Crippen LogP contribution in [-0.2, 0) is 10.0 Å². The molecule has 0 aliphatic heterocycles. The SMILES string of the molecule is O=S(=O)(NC1CCC(CCO)CC1)C1CCC1. The molecule has 0 spiro atoms. The molecule has 0 aromatic rings. The van der Waals surface area contributed by atoms with Gasteiger partial charge in [0.2, 0.25) is 10.0 Å². The minimum Gasteiger partial charge on any atom is -0.396 e. The molecule has 5 heteroatoms. The number of hydrogen-bond donors (Lipinski definition) is 2. The monoisotopic (exact) mass is 261 g/mol. The van der Waals surface area contributed by atoms with Crippen molar-refractivity contribution in [2.45, 2.75) is 62.7 Å². The van der Waals surface area contributed by atoms with E-state index in [-0.39, 0.29) is 17.9 Å². The minimum absolute atomic E-state index is 0.127. The van der Waals surface area contributed by atoms with Crippen LogP contribution in [0.2, 0.25) is 0 Å². The summed E-state index contributed by atoms with van der Waals surface area (Å²) in [7, 11) is -3.05. The number of aliphatic hydroxyl groups is 1. The van der Waals surface area contributed by atoms with Gasteiger partial charge in [-0.05, 0) is 50.9 Å². The highest BCUT2D eigenvalue weighted by atomic mass is 32.2. The fraction of sp³-hybridized carbons (Fsp3) is 1.00. The first-order chi connectivity index (χ1) is 8.12. The summed E-state index contributed by atoms with van der Waals surface area (Å²) in [6.45, 7) is 0.253. The second kappa shape index (κ2) is 5.67. The van der Waals surface area contributed by atoms with E-state index in [0.717, 1.165) is 51.4 Å². The highest BCUT2D eigenvalue weighted by molar-refractivity contribution is 7.90. The summed E-state index contributed by atoms with van der Waals surface area (Å²) in [5.74, 6) is 0.587. The van der Waals surface area contributed by atoms with Crippen LogP contribution in [0.25, 0.3) is 0 Å². The lowest BCUT2D eigenvalue weighted by atomic mass is 9.85. The van der Waals surface area contributed by atoms with E-state index in [2.05, 4.69) is 4.72 Å². The Morgan fingerprint density at radius 2 is 1.71 bits per heavy atom. The Morgan fingerprint density at radius 3 is 2.18 bits per heavy atom. The van der Waals surface area contributed by atoms with Crippen LogP contribution >= 0.6 is 0 Å². The van der Waals surface area contributed by atoms with Crippen molar-refractivity contribution >= 4 is 10.0 Å². The van der Waals surface area contributed by atoms with Crippen LogP contribution in [0.4, 0.5) is 0 Å². The highest BCUT2D eigenvalue weighted by Crippen LogP contribution is 2.29. The fourth-order valence-electron chi connectivity index (χ4n) is 2.76. The number of rotatable bonds is 5. The molecule has 2 aliphatic carbocycles. The van der Waals surface area contributed by atoms with E-state index >= 15 is 0 Å². The van der Waals surface area contributed by atoms with Gasteiger partial charge in [0, 0.05) is 12.6 Å². The quantitative estimate of drug-likeness (QED) is 0.786. The maximum atomic E-state index is 11.9. The normalized spacial score (nSPS) is 31.1. The van der Waals surface area contributed by atoms with Crippen molar-refractivity contribution in [3.05, 3.63) is 0 Å². The molecule has 2 rings (SSSR count). The molecular formula is C12H23NO3S. The van der Waals surface area contributed by atoms with Gasteiger partial charge in [0.25, 0.3) is 0 Å². The molecule has 17 heavy (non-hydrogen) atoms. The van der Waals surface area contributed by atoms with E-state index in [1.807, 2.05) is 0 Å². The summed E-state index contributed by atoms with van der Waals surface area (Å²) in [5.41, 5.74) is 0. The summed E-state index contributed by atoms with van der Waals surface area (Å²) in [4.78, 5) is 0. The third kappa shape index (κ3) is 3.42. The molecule has 2 fully saturated rings. The van der Waals surface area contributed by atoms with Crippen LogP contribution in [-0.4, -0.2) is 31.4 Å². The van der Waals surface area contributed by atoms with Crippen LogP contribution in [0.5, 0.6) is 0 Å². The molecule has 4 nitrogen and oxygen atoms in total. The first-order valence-electron chi connectivity index (χ1n) is 6.74. The second-order valence-electron chi connectivity index (χ2n) is 5.45. The number of hydrogen-bond acceptors (Lipinski definition) is 3. The molecule has 100 valence electrons. The van der Waals surface area contributed by atoms with Crippen molar-refractivity contribution in [2.75, 3.05) is 6.61 Å². The molecule has 0 atom stereocenters. The largest absolute Gasteiger partial charge is 0.396 e. The van der Waals surface area contributed by atoms with E-state index < -0.39 is 10.0 Å². The van der Waals surface area contributed by atoms with Gasteiger partial charge in [-0.25, -0.2) is 13.1 Å². The zero-order valence-corrected chi connectivity index (χ0v) is 11.1. The fourth-order valence-corrected chi connectivity index (χ4v) is 4.61. The van der Waals surface area contributed by atoms with Gasteiger partial charge in [-0.1, -0.05) is 6.42 Å². The Morgan fingerprint density at radius 1 is 1.06 bits per heavy atom. The van der Waals surface area contributed by atoms with Gasteiger partial charge >= 0.3 is 0 Å². The zero-order valence-electron chi connectivity index (χ0n) is 10.3. The molecule has 2 saturated carbocycles. The predicted molar refractivity (Wildman–Crippen MR) is 67.1 cm³/mol. The molecule has 0 unspecified atom stereocenters. The van der Waals surface area contributed by atoms with Crippen molar-refractivity contribution in [3.63, 3.8) is 0 Å². The lowest BCUT2D eigenvalue weighted by Gasteiger charge is -2.32. The molecule has 0 amide bonds. The number of nitrogens with one attached hydrogen (secondary N) is 1. The number of aliphatic hydroxyl groups excluding tert-OH is 1. The molecule has 0 aromatic heterocycles. The Hall–Kier alpha value is -0.130. The first-order valence-corrected chi connectivity index (χ1v) is 8.28. The average Bonchev–Trinajstić information content (AvgIpc) is 2.17. The lowest BCUT2D eigenvalue weighted by molar-refractivity contribution is 0.219. The standard InChI is InChI=1S/C12H23NO3S/c14-9-8-10-4-6-11(7-5-10)13-17(15,16)12-2-1-3-12/h10-14H,1-9H2. The third-order valence-electron chi connectivity index (χ3n) is 4.21. The van der Waals surface area contributed by atoms with E-state index in [0.29, 0.717) is 5.92 Å². The smallest absolute Gasteiger partial charge is 0.214 e. The van der Waals surface area contributed by atoms with Gasteiger partial charge in [-0.3, -0.25) is 0 Å². The molecule has 0 saturated heterocycles. The molecule has 0 heterocycles. The van der Waals surface area contributed by atoms with Crippen molar-refractivity contribution in [1.82, 2.24) is 4.72 Å². The molecule has 2 aliphatic rings. The molecule has 0 radical (unpaired) electrons. The van der Waals surface area contributed by atoms with Gasteiger partial charge in [0.15, 0.2) is 0 Å². The van der Waals surface area contributed by atoms with Gasteiger partial charge in [0.1, 0.15) is 0 Å². The van der Waals surface area contributed by atoms with Crippen molar-refractivity contribution in [3.8, 4) is 0 Å². The molecule has 2 N–H and O–H groups in total. The summed E-state index contributed by atoms with van der Waals surface area (Å²) >= 11 is 0.